The molecule has 0 aromatic heterocycles. The van der Waals surface area contributed by atoms with E-state index in [0.717, 1.165) is 37.2 Å². The molecule has 1 aliphatic rings. The van der Waals surface area contributed by atoms with E-state index in [1.165, 1.54) is 18.2 Å². The van der Waals surface area contributed by atoms with Crippen LogP contribution < -0.4 is 15.8 Å². The van der Waals surface area contributed by atoms with E-state index in [0.29, 0.717) is 6.61 Å². The zero-order chi connectivity index (χ0) is 21.4. The summed E-state index contributed by atoms with van der Waals surface area (Å²) in [6.07, 6.45) is -2.80. The van der Waals surface area contributed by atoms with Gasteiger partial charge in [-0.05, 0) is 36.1 Å². The van der Waals surface area contributed by atoms with Gasteiger partial charge in [-0.3, -0.25) is 0 Å². The van der Waals surface area contributed by atoms with Crippen LogP contribution in [0.2, 0.25) is 0 Å². The van der Waals surface area contributed by atoms with Gasteiger partial charge in [-0.1, -0.05) is 36.4 Å². The molecule has 0 atom stereocenters. The normalized spacial score (nSPS) is 15.8. The van der Waals surface area contributed by atoms with Crippen LogP contribution in [0.3, 0.4) is 0 Å². The summed E-state index contributed by atoms with van der Waals surface area (Å²) in [6.45, 7) is 2.22. The molecule has 1 fully saturated rings. The summed E-state index contributed by atoms with van der Waals surface area (Å²) < 4.78 is 52.8. The Morgan fingerprint density at radius 3 is 2.60 bits per heavy atom. The molecule has 3 N–H and O–H groups in total. The number of nitrogens with two attached hydrogens (primary N) is 1. The Morgan fingerprint density at radius 2 is 1.83 bits per heavy atom. The molecule has 3 rings (SSSR count). The minimum atomic E-state index is -4.79. The molecule has 2 aromatic rings. The molecule has 1 saturated heterocycles. The SMILES string of the molecule is NC(=NCc1cccc(COC2CCOCC2)c1)Nc1ccccc1OC(F)(F)F. The zero-order valence-corrected chi connectivity index (χ0v) is 16.3. The molecular weight excluding hydrogens is 399 g/mol. The molecule has 162 valence electrons. The van der Waals surface area contributed by atoms with Gasteiger partial charge >= 0.3 is 6.36 Å². The molecule has 1 heterocycles. The third kappa shape index (κ3) is 7.23. The molecule has 0 saturated carbocycles. The molecular formula is C21H24F3N3O3. The van der Waals surface area contributed by atoms with E-state index in [4.69, 9.17) is 15.2 Å². The van der Waals surface area contributed by atoms with Crippen LogP contribution in [0.15, 0.2) is 53.5 Å². The van der Waals surface area contributed by atoms with Gasteiger partial charge in [0.05, 0.1) is 24.9 Å². The highest BCUT2D eigenvalue weighted by atomic mass is 19.4. The van der Waals surface area contributed by atoms with Crippen LogP contribution >= 0.6 is 0 Å². The van der Waals surface area contributed by atoms with Gasteiger partial charge < -0.3 is 25.3 Å². The van der Waals surface area contributed by atoms with E-state index in [-0.39, 0.29) is 30.0 Å². The first kappa shape index (κ1) is 21.9. The summed E-state index contributed by atoms with van der Waals surface area (Å²) in [7, 11) is 0. The van der Waals surface area contributed by atoms with Crippen molar-refractivity contribution in [3.63, 3.8) is 0 Å². The summed E-state index contributed by atoms with van der Waals surface area (Å²) in [5.74, 6) is -0.396. The molecule has 0 unspecified atom stereocenters. The quantitative estimate of drug-likeness (QED) is 0.515. The molecule has 30 heavy (non-hydrogen) atoms. The van der Waals surface area contributed by atoms with E-state index >= 15 is 0 Å². The van der Waals surface area contributed by atoms with Crippen LogP contribution in [0.4, 0.5) is 18.9 Å². The van der Waals surface area contributed by atoms with E-state index in [1.54, 1.807) is 6.07 Å². The summed E-state index contributed by atoms with van der Waals surface area (Å²) in [4.78, 5) is 4.21. The minimum Gasteiger partial charge on any atom is -0.404 e. The van der Waals surface area contributed by atoms with Crippen LogP contribution in [0, 0.1) is 0 Å². The number of rotatable bonds is 7. The third-order valence-electron chi connectivity index (χ3n) is 4.45. The fourth-order valence-electron chi connectivity index (χ4n) is 3.01. The zero-order valence-electron chi connectivity index (χ0n) is 16.3. The maximum atomic E-state index is 12.5. The van der Waals surface area contributed by atoms with Crippen molar-refractivity contribution >= 4 is 11.6 Å². The largest absolute Gasteiger partial charge is 0.573 e. The van der Waals surface area contributed by atoms with Gasteiger partial charge in [-0.25, -0.2) is 4.99 Å². The Hall–Kier alpha value is -2.78. The fourth-order valence-corrected chi connectivity index (χ4v) is 3.01. The minimum absolute atomic E-state index is 0.0166. The highest BCUT2D eigenvalue weighted by Gasteiger charge is 2.32. The summed E-state index contributed by atoms with van der Waals surface area (Å²) >= 11 is 0. The van der Waals surface area contributed by atoms with Crippen molar-refractivity contribution in [3.8, 4) is 5.75 Å². The molecule has 6 nitrogen and oxygen atoms in total. The van der Waals surface area contributed by atoms with E-state index < -0.39 is 6.36 Å². The Balaban J connectivity index is 1.56. The number of nitrogens with zero attached hydrogens (tertiary/aromatic N) is 1. The average molecular weight is 423 g/mol. The van der Waals surface area contributed by atoms with Gasteiger partial charge in [0.1, 0.15) is 0 Å². The van der Waals surface area contributed by atoms with Crippen LogP contribution in [0.5, 0.6) is 5.75 Å². The van der Waals surface area contributed by atoms with Crippen LogP contribution in [0.1, 0.15) is 24.0 Å². The predicted octanol–water partition coefficient (Wildman–Crippen LogP) is 4.21. The number of hydrogen-bond donors (Lipinski definition) is 2. The number of ether oxygens (including phenoxy) is 3. The Morgan fingerprint density at radius 1 is 1.10 bits per heavy atom. The van der Waals surface area contributed by atoms with Gasteiger partial charge in [0.25, 0.3) is 0 Å². The van der Waals surface area contributed by atoms with Crippen molar-refractivity contribution in [2.45, 2.75) is 38.5 Å². The highest BCUT2D eigenvalue weighted by Crippen LogP contribution is 2.29. The smallest absolute Gasteiger partial charge is 0.404 e. The van der Waals surface area contributed by atoms with E-state index in [1.807, 2.05) is 24.3 Å². The van der Waals surface area contributed by atoms with Crippen molar-refractivity contribution in [3.05, 3.63) is 59.7 Å². The Bertz CT molecular complexity index is 853. The average Bonchev–Trinajstić information content (AvgIpc) is 2.72. The lowest BCUT2D eigenvalue weighted by molar-refractivity contribution is -0.274. The lowest BCUT2D eigenvalue weighted by Crippen LogP contribution is -2.24. The van der Waals surface area contributed by atoms with Gasteiger partial charge in [0.15, 0.2) is 11.7 Å². The molecule has 2 aromatic carbocycles. The van der Waals surface area contributed by atoms with Gasteiger partial charge in [-0.2, -0.15) is 0 Å². The predicted molar refractivity (Wildman–Crippen MR) is 107 cm³/mol. The van der Waals surface area contributed by atoms with Crippen molar-refractivity contribution in [1.29, 1.82) is 0 Å². The second kappa shape index (κ2) is 10.3. The van der Waals surface area contributed by atoms with E-state index in [2.05, 4.69) is 15.0 Å². The topological polar surface area (TPSA) is 78.1 Å². The number of guanidine groups is 1. The first-order valence-corrected chi connectivity index (χ1v) is 9.58. The van der Waals surface area contributed by atoms with Crippen molar-refractivity contribution in [2.24, 2.45) is 10.7 Å². The van der Waals surface area contributed by atoms with Crippen LogP contribution in [-0.4, -0.2) is 31.6 Å². The molecule has 0 amide bonds. The summed E-state index contributed by atoms with van der Waals surface area (Å²) in [6, 6.07) is 13.4. The van der Waals surface area contributed by atoms with Crippen molar-refractivity contribution in [1.82, 2.24) is 0 Å². The highest BCUT2D eigenvalue weighted by molar-refractivity contribution is 5.93. The molecule has 0 spiro atoms. The number of para-hydroxylation sites is 2. The van der Waals surface area contributed by atoms with Gasteiger partial charge in [0, 0.05) is 13.2 Å². The Kier molecular flexibility index (Phi) is 7.53. The Labute approximate surface area is 172 Å². The molecule has 0 aliphatic carbocycles. The van der Waals surface area contributed by atoms with E-state index in [9.17, 15) is 13.2 Å². The molecule has 1 aliphatic heterocycles. The standard InChI is InChI=1S/C21H24F3N3O3/c22-21(23,24)30-19-7-2-1-6-18(19)27-20(25)26-13-15-4-3-5-16(12-15)14-29-17-8-10-28-11-9-17/h1-7,12,17H,8-11,13-14H2,(H3,25,26,27). The van der Waals surface area contributed by atoms with Crippen molar-refractivity contribution < 1.29 is 27.4 Å². The number of alkyl halides is 3. The number of halogens is 3. The van der Waals surface area contributed by atoms with Crippen molar-refractivity contribution in [2.75, 3.05) is 18.5 Å². The van der Waals surface area contributed by atoms with Crippen LogP contribution in [0.25, 0.3) is 0 Å². The maximum Gasteiger partial charge on any atom is 0.573 e. The molecule has 0 radical (unpaired) electrons. The molecule has 0 bridgehead atoms. The van der Waals surface area contributed by atoms with Gasteiger partial charge in [-0.15, -0.1) is 13.2 Å². The van der Waals surface area contributed by atoms with Crippen LogP contribution in [-0.2, 0) is 22.6 Å². The number of benzene rings is 2. The second-order valence-corrected chi connectivity index (χ2v) is 6.81. The third-order valence-corrected chi connectivity index (χ3v) is 4.45. The lowest BCUT2D eigenvalue weighted by atomic mass is 10.1. The maximum absolute atomic E-state index is 12.5. The van der Waals surface area contributed by atoms with Gasteiger partial charge in [0.2, 0.25) is 0 Å². The lowest BCUT2D eigenvalue weighted by Gasteiger charge is -2.22. The first-order chi connectivity index (χ1) is 14.4. The monoisotopic (exact) mass is 423 g/mol. The second-order valence-electron chi connectivity index (χ2n) is 6.81. The summed E-state index contributed by atoms with van der Waals surface area (Å²) in [5, 5.41) is 2.65. The molecule has 9 heteroatoms. The first-order valence-electron chi connectivity index (χ1n) is 9.58. The number of hydrogen-bond acceptors (Lipinski definition) is 4. The number of anilines is 1. The fraction of sp³-hybridized carbons (Fsp3) is 0.381. The number of nitrogens with one attached hydrogen (secondary N) is 1. The number of aliphatic imine (C=N–C) groups is 1. The summed E-state index contributed by atoms with van der Waals surface area (Å²) in [5.41, 5.74) is 7.85.